The standard InChI is InChI=1S/C51H30N2.C50H29N3/c52-31-32-25-36-23-24-37-27-38(28-49-51(37)50(36)48(26-32)53(49)39-13-5-2-6-14-39)33-19-21-35(22-20-33)45-30-47-42-17-9-7-15-40(42)44(34-11-3-1-4-12-34)29-46(47)43-18-10-8-16-41(43)45;51-29-31-23-34-20-21-35-25-37(26-48-50(35)49(34)47(24-31)53(48)38-10-2-1-3-11-38)32-16-18-33(19-17-32)43-27-45-42-15-7-5-13-40(42)44(36-9-8-22-52-30-36)28-46(45)41-14-6-4-12-39(41)43/h1-30H;1-28,30H. The van der Waals surface area contributed by atoms with Crippen molar-refractivity contribution in [3.05, 3.63) is 369 Å². The zero-order chi connectivity index (χ0) is 70.1. The smallest absolute Gasteiger partial charge is 0.0992 e. The van der Waals surface area contributed by atoms with E-state index in [-0.39, 0.29) is 0 Å². The lowest BCUT2D eigenvalue weighted by atomic mass is 9.87. The summed E-state index contributed by atoms with van der Waals surface area (Å²) in [4.78, 5) is 4.44. The van der Waals surface area contributed by atoms with Crippen LogP contribution in [-0.4, -0.2) is 14.1 Å². The van der Waals surface area contributed by atoms with Crippen molar-refractivity contribution in [2.45, 2.75) is 0 Å². The van der Waals surface area contributed by atoms with E-state index in [4.69, 9.17) is 0 Å². The molecule has 0 aliphatic rings. The van der Waals surface area contributed by atoms with E-state index >= 15 is 0 Å². The van der Waals surface area contributed by atoms with Gasteiger partial charge >= 0.3 is 0 Å². The van der Waals surface area contributed by atoms with Crippen LogP contribution in [-0.2, 0) is 0 Å². The Morgan fingerprint density at radius 2 is 0.509 bits per heavy atom. The summed E-state index contributed by atoms with van der Waals surface area (Å²) in [6.07, 6.45) is 3.79. The van der Waals surface area contributed by atoms with Crippen LogP contribution in [0.1, 0.15) is 11.1 Å². The van der Waals surface area contributed by atoms with Crippen LogP contribution in [0.15, 0.2) is 358 Å². The first-order valence-electron chi connectivity index (χ1n) is 36.0. The number of aromatic nitrogens is 3. The number of nitriles is 2. The second kappa shape index (κ2) is 24.1. The van der Waals surface area contributed by atoms with Crippen molar-refractivity contribution in [2.75, 3.05) is 0 Å². The Kier molecular flexibility index (Phi) is 13.7. The van der Waals surface area contributed by atoms with Crippen LogP contribution in [0.3, 0.4) is 0 Å². The Bertz CT molecular complexity index is 6960. The maximum absolute atomic E-state index is 9.89. The summed E-state index contributed by atoms with van der Waals surface area (Å²) in [5.41, 5.74) is 22.2. The van der Waals surface area contributed by atoms with Crippen molar-refractivity contribution in [1.29, 1.82) is 10.5 Å². The minimum absolute atomic E-state index is 0.666. The lowest BCUT2D eigenvalue weighted by Gasteiger charge is -2.16. The number of rotatable bonds is 8. The average Bonchev–Trinajstić information content (AvgIpc) is 1.40. The molecule has 22 aromatic rings. The zero-order valence-corrected chi connectivity index (χ0v) is 57.3. The molecule has 0 atom stereocenters. The second-order valence-corrected chi connectivity index (χ2v) is 27.9. The first kappa shape index (κ1) is 60.3. The molecule has 488 valence electrons. The maximum Gasteiger partial charge on any atom is 0.0992 e. The summed E-state index contributed by atoms with van der Waals surface area (Å²) in [7, 11) is 0. The maximum atomic E-state index is 9.89. The number of para-hydroxylation sites is 2. The van der Waals surface area contributed by atoms with Gasteiger partial charge in [-0.15, -0.1) is 0 Å². The molecule has 0 aliphatic carbocycles. The molecule has 0 radical (unpaired) electrons. The zero-order valence-electron chi connectivity index (χ0n) is 57.3. The Morgan fingerprint density at radius 1 is 0.217 bits per heavy atom. The molecule has 106 heavy (non-hydrogen) atoms. The summed E-state index contributed by atoms with van der Waals surface area (Å²) in [6.45, 7) is 0. The summed E-state index contributed by atoms with van der Waals surface area (Å²) in [5.74, 6) is 0. The van der Waals surface area contributed by atoms with Crippen LogP contribution in [0.5, 0.6) is 0 Å². The molecule has 0 amide bonds. The number of benzene rings is 19. The van der Waals surface area contributed by atoms with Crippen molar-refractivity contribution in [3.63, 3.8) is 0 Å². The van der Waals surface area contributed by atoms with E-state index in [0.29, 0.717) is 11.1 Å². The van der Waals surface area contributed by atoms with Gasteiger partial charge in [0.25, 0.3) is 0 Å². The largest absolute Gasteiger partial charge is 0.309 e. The minimum atomic E-state index is 0.666. The van der Waals surface area contributed by atoms with Gasteiger partial charge in [-0.3, -0.25) is 4.98 Å². The fourth-order valence-corrected chi connectivity index (χ4v) is 17.4. The minimum Gasteiger partial charge on any atom is -0.309 e. The fourth-order valence-electron chi connectivity index (χ4n) is 17.4. The number of hydrogen-bond acceptors (Lipinski definition) is 3. The molecule has 3 heterocycles. The van der Waals surface area contributed by atoms with E-state index in [1.54, 1.807) is 0 Å². The molecule has 0 unspecified atom stereocenters. The highest BCUT2D eigenvalue weighted by molar-refractivity contribution is 6.29. The molecule has 0 spiro atoms. The fraction of sp³-hybridized carbons (Fsp3) is 0. The Hall–Kier alpha value is -14.5. The quantitative estimate of drug-likeness (QED) is 0.142. The van der Waals surface area contributed by atoms with Gasteiger partial charge in [0, 0.05) is 50.9 Å². The highest BCUT2D eigenvalue weighted by atomic mass is 15.0. The van der Waals surface area contributed by atoms with Gasteiger partial charge in [-0.25, -0.2) is 0 Å². The lowest BCUT2D eigenvalue weighted by Crippen LogP contribution is -1.94. The summed E-state index contributed by atoms with van der Waals surface area (Å²) in [6, 6.07) is 129. The summed E-state index contributed by atoms with van der Waals surface area (Å²) < 4.78 is 4.63. The third kappa shape index (κ3) is 9.51. The lowest BCUT2D eigenvalue weighted by molar-refractivity contribution is 1.18. The molecule has 0 N–H and O–H groups in total. The van der Waals surface area contributed by atoms with E-state index in [9.17, 15) is 10.5 Å². The monoisotopic (exact) mass is 1340 g/mol. The van der Waals surface area contributed by atoms with Crippen LogP contribution in [0.4, 0.5) is 0 Å². The molecule has 0 saturated carbocycles. The first-order valence-corrected chi connectivity index (χ1v) is 36.0. The van der Waals surface area contributed by atoms with E-state index in [1.807, 2.05) is 54.9 Å². The molecule has 5 heteroatoms. The molecule has 5 nitrogen and oxygen atoms in total. The van der Waals surface area contributed by atoms with Crippen LogP contribution in [0.2, 0.25) is 0 Å². The van der Waals surface area contributed by atoms with E-state index in [1.165, 1.54) is 136 Å². The molecule has 19 aromatic carbocycles. The molecule has 0 aliphatic heterocycles. The molecule has 22 rings (SSSR count). The highest BCUT2D eigenvalue weighted by Gasteiger charge is 2.24. The van der Waals surface area contributed by atoms with E-state index in [0.717, 1.165) is 72.0 Å². The topological polar surface area (TPSA) is 70.3 Å². The van der Waals surface area contributed by atoms with Crippen molar-refractivity contribution in [3.8, 4) is 90.3 Å². The molecule has 0 bridgehead atoms. The molecule has 3 aromatic heterocycles. The third-order valence-corrected chi connectivity index (χ3v) is 22.1. The first-order chi connectivity index (χ1) is 52.5. The van der Waals surface area contributed by atoms with E-state index < -0.39 is 0 Å². The predicted octanol–water partition coefficient (Wildman–Crippen LogP) is 26.8. The van der Waals surface area contributed by atoms with Crippen molar-refractivity contribution in [1.82, 2.24) is 14.1 Å². The van der Waals surface area contributed by atoms with Gasteiger partial charge in [0.1, 0.15) is 0 Å². The van der Waals surface area contributed by atoms with Crippen LogP contribution in [0.25, 0.3) is 208 Å². The third-order valence-electron chi connectivity index (χ3n) is 22.1. The average molecular weight is 1340 g/mol. The number of nitrogens with zero attached hydrogens (tertiary/aromatic N) is 5. The second-order valence-electron chi connectivity index (χ2n) is 27.9. The van der Waals surface area contributed by atoms with Crippen LogP contribution >= 0.6 is 0 Å². The molecule has 0 fully saturated rings. The van der Waals surface area contributed by atoms with E-state index in [2.05, 4.69) is 330 Å². The highest BCUT2D eigenvalue weighted by Crippen LogP contribution is 2.48. The predicted molar refractivity (Wildman–Crippen MR) is 444 cm³/mol. The molecule has 0 saturated heterocycles. The normalized spacial score (nSPS) is 11.8. The van der Waals surface area contributed by atoms with Gasteiger partial charge in [-0.05, 0) is 251 Å². The van der Waals surface area contributed by atoms with Gasteiger partial charge in [-0.1, -0.05) is 243 Å². The number of fused-ring (bicyclic) bond motifs is 10. The Labute approximate surface area is 610 Å². The van der Waals surface area contributed by atoms with Gasteiger partial charge < -0.3 is 9.13 Å². The van der Waals surface area contributed by atoms with Gasteiger partial charge in [-0.2, -0.15) is 10.5 Å². The van der Waals surface area contributed by atoms with Crippen molar-refractivity contribution in [2.24, 2.45) is 0 Å². The summed E-state index contributed by atoms with van der Waals surface area (Å²) in [5, 5.41) is 44.2. The van der Waals surface area contributed by atoms with Gasteiger partial charge in [0.05, 0.1) is 45.3 Å². The number of pyridine rings is 1. The SMILES string of the molecule is N#Cc1cc2ccc3cc(-c4ccc(-c5cc6c7ccccc7c(-c7ccccc7)cc6c6ccccc56)cc4)cc4c3c2c(c1)n4-c1ccccc1.N#Cc1cc2ccc3cc(-c4ccc(-c5cc6c7ccccc7c(-c7cccnc7)cc6c6ccccc56)cc4)cc4c3c2c(c1)n4-c1ccccc1. The molecular formula is C101H59N5. The summed E-state index contributed by atoms with van der Waals surface area (Å²) >= 11 is 0. The van der Waals surface area contributed by atoms with Crippen molar-refractivity contribution < 1.29 is 0 Å². The van der Waals surface area contributed by atoms with Crippen LogP contribution in [0, 0.1) is 22.7 Å². The molecular weight excluding hydrogens is 1280 g/mol. The Morgan fingerprint density at radius 3 is 0.858 bits per heavy atom. The Balaban J connectivity index is 0.000000136. The van der Waals surface area contributed by atoms with Gasteiger partial charge in [0.15, 0.2) is 0 Å². The number of hydrogen-bond donors (Lipinski definition) is 0. The van der Waals surface area contributed by atoms with Gasteiger partial charge in [0.2, 0.25) is 0 Å². The van der Waals surface area contributed by atoms with Crippen molar-refractivity contribution >= 4 is 130 Å². The van der Waals surface area contributed by atoms with Crippen LogP contribution < -0.4 is 0 Å².